The van der Waals surface area contributed by atoms with Crippen LogP contribution in [-0.4, -0.2) is 36.3 Å². The van der Waals surface area contributed by atoms with Crippen molar-refractivity contribution in [3.8, 4) is 0 Å². The number of carbonyl (C=O) groups excluding carboxylic acids is 2. The Labute approximate surface area is 159 Å². The average molecular weight is 360 g/mol. The Morgan fingerprint density at radius 2 is 1.70 bits per heavy atom. The topological polar surface area (TPSA) is 49.4 Å². The molecule has 4 heteroatoms. The summed E-state index contributed by atoms with van der Waals surface area (Å²) in [6.07, 6.45) is 3.49. The lowest BCUT2D eigenvalue weighted by atomic mass is 9.89. The number of carbonyl (C=O) groups is 2. The highest BCUT2D eigenvalue weighted by atomic mass is 16.2. The number of rotatable bonds is 7. The van der Waals surface area contributed by atoms with Gasteiger partial charge in [-0.2, -0.15) is 0 Å². The minimum Gasteiger partial charge on any atom is -0.315 e. The van der Waals surface area contributed by atoms with E-state index in [-0.39, 0.29) is 11.8 Å². The molecular formula is C23H24N2O2. The average Bonchev–Trinajstić information content (AvgIpc) is 2.69. The lowest BCUT2D eigenvalue weighted by Gasteiger charge is -2.28. The quantitative estimate of drug-likeness (QED) is 0.387. The standard InChI is InChI=1S/C23H24N2O2/c1-2-3-6-12-24-13-14-25-22(26)19-11-7-9-17-15-16-8-4-5-10-18(16)21(20(17)19)23(25)27/h4-5,7-11,15,24H,2-3,6,12-14H2,1H3. The molecule has 2 amide bonds. The van der Waals surface area contributed by atoms with Gasteiger partial charge in [0, 0.05) is 24.0 Å². The van der Waals surface area contributed by atoms with Crippen molar-refractivity contribution < 1.29 is 9.59 Å². The largest absolute Gasteiger partial charge is 0.315 e. The monoisotopic (exact) mass is 360 g/mol. The van der Waals surface area contributed by atoms with Gasteiger partial charge in [-0.3, -0.25) is 14.5 Å². The minimum absolute atomic E-state index is 0.184. The minimum atomic E-state index is -0.191. The first-order valence-electron chi connectivity index (χ1n) is 9.73. The second kappa shape index (κ2) is 7.49. The van der Waals surface area contributed by atoms with E-state index in [4.69, 9.17) is 0 Å². The van der Waals surface area contributed by atoms with Gasteiger partial charge in [0.25, 0.3) is 11.8 Å². The molecule has 1 N–H and O–H groups in total. The molecule has 0 aliphatic carbocycles. The molecule has 1 aliphatic heterocycles. The molecule has 0 fully saturated rings. The van der Waals surface area contributed by atoms with Crippen LogP contribution in [0.5, 0.6) is 0 Å². The third-order valence-electron chi connectivity index (χ3n) is 5.29. The lowest BCUT2D eigenvalue weighted by Crippen LogP contribution is -2.44. The van der Waals surface area contributed by atoms with Crippen LogP contribution in [-0.2, 0) is 0 Å². The van der Waals surface area contributed by atoms with Crippen LogP contribution in [0.2, 0.25) is 0 Å². The molecule has 1 heterocycles. The van der Waals surface area contributed by atoms with E-state index in [1.807, 2.05) is 42.5 Å². The van der Waals surface area contributed by atoms with Crippen molar-refractivity contribution in [2.45, 2.75) is 26.2 Å². The summed E-state index contributed by atoms with van der Waals surface area (Å²) in [6.45, 7) is 4.10. The van der Waals surface area contributed by atoms with Crippen LogP contribution in [0.15, 0.2) is 48.5 Å². The van der Waals surface area contributed by atoms with E-state index in [0.29, 0.717) is 24.2 Å². The molecule has 27 heavy (non-hydrogen) atoms. The SMILES string of the molecule is CCCCCNCCN1C(=O)c2cccc3cc4ccccc4c(c23)C1=O. The van der Waals surface area contributed by atoms with Gasteiger partial charge in [0.15, 0.2) is 0 Å². The van der Waals surface area contributed by atoms with Crippen molar-refractivity contribution in [1.29, 1.82) is 0 Å². The Balaban J connectivity index is 1.69. The first-order valence-corrected chi connectivity index (χ1v) is 9.73. The van der Waals surface area contributed by atoms with Gasteiger partial charge in [0.05, 0.1) is 5.56 Å². The molecule has 138 valence electrons. The van der Waals surface area contributed by atoms with E-state index >= 15 is 0 Å². The van der Waals surface area contributed by atoms with Gasteiger partial charge in [-0.15, -0.1) is 0 Å². The summed E-state index contributed by atoms with van der Waals surface area (Å²) in [4.78, 5) is 27.7. The van der Waals surface area contributed by atoms with Gasteiger partial charge in [-0.1, -0.05) is 56.2 Å². The van der Waals surface area contributed by atoms with Crippen molar-refractivity contribution >= 4 is 33.4 Å². The Morgan fingerprint density at radius 1 is 0.889 bits per heavy atom. The van der Waals surface area contributed by atoms with Crippen LogP contribution < -0.4 is 5.32 Å². The van der Waals surface area contributed by atoms with Crippen molar-refractivity contribution in [2.75, 3.05) is 19.6 Å². The Kier molecular flexibility index (Phi) is 4.90. The summed E-state index contributed by atoms with van der Waals surface area (Å²) >= 11 is 0. The zero-order valence-corrected chi connectivity index (χ0v) is 15.6. The second-order valence-corrected chi connectivity index (χ2v) is 7.10. The number of amides is 2. The number of hydrogen-bond acceptors (Lipinski definition) is 3. The second-order valence-electron chi connectivity index (χ2n) is 7.10. The van der Waals surface area contributed by atoms with Crippen molar-refractivity contribution in [1.82, 2.24) is 10.2 Å². The fraction of sp³-hybridized carbons (Fsp3) is 0.304. The fourth-order valence-electron chi connectivity index (χ4n) is 3.91. The number of imide groups is 1. The maximum atomic E-state index is 13.3. The first kappa shape index (κ1) is 17.7. The molecule has 4 nitrogen and oxygen atoms in total. The van der Waals surface area contributed by atoms with Crippen molar-refractivity contribution in [3.63, 3.8) is 0 Å². The molecule has 4 rings (SSSR count). The Bertz CT molecular complexity index is 1030. The van der Waals surface area contributed by atoms with Gasteiger partial charge in [0.2, 0.25) is 0 Å². The van der Waals surface area contributed by atoms with E-state index < -0.39 is 0 Å². The molecule has 3 aromatic rings. The lowest BCUT2D eigenvalue weighted by molar-refractivity contribution is 0.0613. The van der Waals surface area contributed by atoms with Crippen LogP contribution in [0.4, 0.5) is 0 Å². The van der Waals surface area contributed by atoms with E-state index in [1.54, 1.807) is 0 Å². The summed E-state index contributed by atoms with van der Waals surface area (Å²) in [6, 6.07) is 15.7. The van der Waals surface area contributed by atoms with E-state index in [1.165, 1.54) is 17.7 Å². The zero-order chi connectivity index (χ0) is 18.8. The van der Waals surface area contributed by atoms with Crippen LogP contribution in [0, 0.1) is 0 Å². The van der Waals surface area contributed by atoms with Gasteiger partial charge in [-0.25, -0.2) is 0 Å². The molecule has 0 unspecified atom stereocenters. The van der Waals surface area contributed by atoms with Crippen LogP contribution in [0.1, 0.15) is 46.9 Å². The predicted molar refractivity (Wildman–Crippen MR) is 109 cm³/mol. The molecule has 0 atom stereocenters. The fourth-order valence-corrected chi connectivity index (χ4v) is 3.91. The molecule has 3 aromatic carbocycles. The summed E-state index contributed by atoms with van der Waals surface area (Å²) in [5.41, 5.74) is 1.28. The molecule has 0 spiro atoms. The van der Waals surface area contributed by atoms with E-state index in [9.17, 15) is 9.59 Å². The van der Waals surface area contributed by atoms with Crippen LogP contribution >= 0.6 is 0 Å². The third-order valence-corrected chi connectivity index (χ3v) is 5.29. The number of nitrogens with zero attached hydrogens (tertiary/aromatic N) is 1. The molecule has 1 aliphatic rings. The van der Waals surface area contributed by atoms with Crippen LogP contribution in [0.3, 0.4) is 0 Å². The van der Waals surface area contributed by atoms with E-state index in [2.05, 4.69) is 18.3 Å². The number of benzene rings is 3. The van der Waals surface area contributed by atoms with Gasteiger partial charge >= 0.3 is 0 Å². The molecule has 0 bridgehead atoms. The Morgan fingerprint density at radius 3 is 2.56 bits per heavy atom. The van der Waals surface area contributed by atoms with Crippen molar-refractivity contribution in [2.24, 2.45) is 0 Å². The zero-order valence-electron chi connectivity index (χ0n) is 15.6. The van der Waals surface area contributed by atoms with Crippen molar-refractivity contribution in [3.05, 3.63) is 59.7 Å². The number of nitrogens with one attached hydrogen (secondary N) is 1. The molecule has 0 radical (unpaired) electrons. The highest BCUT2D eigenvalue weighted by Crippen LogP contribution is 2.35. The molecule has 0 saturated heterocycles. The molecule has 0 saturated carbocycles. The maximum absolute atomic E-state index is 13.3. The molecule has 0 aromatic heterocycles. The predicted octanol–water partition coefficient (Wildman–Crippen LogP) is 4.37. The highest BCUT2D eigenvalue weighted by molar-refractivity contribution is 6.30. The number of unbranched alkanes of at least 4 members (excludes halogenated alkanes) is 2. The third kappa shape index (κ3) is 3.10. The summed E-state index contributed by atoms with van der Waals surface area (Å²) < 4.78 is 0. The van der Waals surface area contributed by atoms with Crippen LogP contribution in [0.25, 0.3) is 21.5 Å². The normalized spacial score (nSPS) is 13.7. The summed E-state index contributed by atoms with van der Waals surface area (Å²) in [7, 11) is 0. The summed E-state index contributed by atoms with van der Waals surface area (Å²) in [5.74, 6) is -0.375. The first-order chi connectivity index (χ1) is 13.2. The van der Waals surface area contributed by atoms with Gasteiger partial charge in [-0.05, 0) is 41.3 Å². The number of hydrogen-bond donors (Lipinski definition) is 1. The molecular weight excluding hydrogens is 336 g/mol. The van der Waals surface area contributed by atoms with Gasteiger partial charge in [0.1, 0.15) is 0 Å². The Hall–Kier alpha value is -2.72. The van der Waals surface area contributed by atoms with E-state index in [0.717, 1.165) is 34.5 Å². The summed E-state index contributed by atoms with van der Waals surface area (Å²) in [5, 5.41) is 7.02. The maximum Gasteiger partial charge on any atom is 0.262 e. The van der Waals surface area contributed by atoms with Gasteiger partial charge < -0.3 is 5.32 Å². The number of fused-ring (bicyclic) bond motifs is 2. The smallest absolute Gasteiger partial charge is 0.262 e. The highest BCUT2D eigenvalue weighted by Gasteiger charge is 2.33.